The maximum absolute atomic E-state index is 5.26. The quantitative estimate of drug-likeness (QED) is 0.418. The molecular weight excluding hydrogens is 336 g/mol. The van der Waals surface area contributed by atoms with Gasteiger partial charge in [-0.3, -0.25) is 4.40 Å². The number of imidazole rings is 1. The molecule has 4 aromatic rings. The number of rotatable bonds is 4. The highest BCUT2D eigenvalue weighted by Gasteiger charge is 2.15. The van der Waals surface area contributed by atoms with Crippen molar-refractivity contribution in [3.8, 4) is 17.0 Å². The third kappa shape index (κ3) is 3.19. The van der Waals surface area contributed by atoms with Crippen LogP contribution in [0, 0.1) is 13.8 Å². The molecule has 0 saturated carbocycles. The minimum Gasteiger partial charge on any atom is -0.497 e. The number of hydrogen-bond donors (Lipinski definition) is 0. The Morgan fingerprint density at radius 1 is 0.852 bits per heavy atom. The fourth-order valence-electron chi connectivity index (χ4n) is 3.01. The van der Waals surface area contributed by atoms with E-state index in [0.717, 1.165) is 39.5 Å². The van der Waals surface area contributed by atoms with E-state index >= 15 is 0 Å². The topological polar surface area (TPSA) is 51.2 Å². The van der Waals surface area contributed by atoms with Gasteiger partial charge in [0.2, 0.25) is 0 Å². The summed E-state index contributed by atoms with van der Waals surface area (Å²) in [5, 5.41) is 9.07. The summed E-state index contributed by atoms with van der Waals surface area (Å²) in [6.45, 7) is 4.07. The number of fused-ring (bicyclic) bond motifs is 1. The molecule has 0 unspecified atom stereocenters. The third-order valence-electron chi connectivity index (χ3n) is 4.55. The van der Waals surface area contributed by atoms with Gasteiger partial charge >= 0.3 is 0 Å². The Bertz CT molecular complexity index is 1130. The predicted octanol–water partition coefficient (Wildman–Crippen LogP) is 6.04. The Hall–Kier alpha value is -3.47. The number of nitrogens with zero attached hydrogens (tertiary/aromatic N) is 4. The molecule has 0 amide bonds. The highest BCUT2D eigenvalue weighted by molar-refractivity contribution is 5.75. The van der Waals surface area contributed by atoms with Crippen LogP contribution in [0.15, 0.2) is 77.1 Å². The van der Waals surface area contributed by atoms with Gasteiger partial charge in [-0.1, -0.05) is 24.3 Å². The van der Waals surface area contributed by atoms with Crippen LogP contribution in [0.4, 0.5) is 11.5 Å². The van der Waals surface area contributed by atoms with Gasteiger partial charge < -0.3 is 4.74 Å². The van der Waals surface area contributed by atoms with Gasteiger partial charge in [-0.15, -0.1) is 10.2 Å². The fraction of sp³-hybridized carbons (Fsp3) is 0.136. The highest BCUT2D eigenvalue weighted by Crippen LogP contribution is 2.34. The molecule has 0 saturated heterocycles. The summed E-state index contributed by atoms with van der Waals surface area (Å²) in [7, 11) is 1.66. The van der Waals surface area contributed by atoms with Gasteiger partial charge in [-0.05, 0) is 61.4 Å². The predicted molar refractivity (Wildman–Crippen MR) is 107 cm³/mol. The molecule has 5 nitrogen and oxygen atoms in total. The molecule has 0 N–H and O–H groups in total. The molecule has 0 atom stereocenters. The van der Waals surface area contributed by atoms with Crippen LogP contribution in [0.1, 0.15) is 11.1 Å². The summed E-state index contributed by atoms with van der Waals surface area (Å²) in [6.07, 6.45) is 1.97. The molecule has 2 heterocycles. The molecule has 5 heteroatoms. The first-order valence-electron chi connectivity index (χ1n) is 8.77. The molecule has 2 aromatic heterocycles. The van der Waals surface area contributed by atoms with E-state index in [-0.39, 0.29) is 0 Å². The molecule has 0 fully saturated rings. The maximum Gasteiger partial charge on any atom is 0.187 e. The monoisotopic (exact) mass is 356 g/mol. The van der Waals surface area contributed by atoms with Crippen molar-refractivity contribution < 1.29 is 4.74 Å². The van der Waals surface area contributed by atoms with E-state index in [1.54, 1.807) is 7.11 Å². The second kappa shape index (κ2) is 7.03. The van der Waals surface area contributed by atoms with Gasteiger partial charge in [0, 0.05) is 11.8 Å². The number of aryl methyl sites for hydroxylation is 2. The van der Waals surface area contributed by atoms with Crippen molar-refractivity contribution in [2.45, 2.75) is 13.8 Å². The van der Waals surface area contributed by atoms with Crippen LogP contribution in [0.5, 0.6) is 5.75 Å². The van der Waals surface area contributed by atoms with Gasteiger partial charge in [-0.2, -0.15) is 0 Å². The lowest BCUT2D eigenvalue weighted by molar-refractivity contribution is 0.415. The smallest absolute Gasteiger partial charge is 0.187 e. The zero-order valence-electron chi connectivity index (χ0n) is 15.5. The van der Waals surface area contributed by atoms with Crippen molar-refractivity contribution >= 4 is 17.2 Å². The van der Waals surface area contributed by atoms with Crippen LogP contribution in [0.25, 0.3) is 16.9 Å². The number of pyridine rings is 1. The second-order valence-corrected chi connectivity index (χ2v) is 6.38. The second-order valence-electron chi connectivity index (χ2n) is 6.38. The molecule has 0 radical (unpaired) electrons. The minimum atomic E-state index is 0.710. The van der Waals surface area contributed by atoms with Gasteiger partial charge in [0.05, 0.1) is 12.8 Å². The Morgan fingerprint density at radius 3 is 2.33 bits per heavy atom. The largest absolute Gasteiger partial charge is 0.497 e. The van der Waals surface area contributed by atoms with Crippen LogP contribution >= 0.6 is 0 Å². The standard InChI is InChI=1S/C22H20N4O/c1-15-7-4-5-9-19(15)24-25-22-20(17-10-12-18(27-3)13-11-17)23-21-16(2)8-6-14-26(21)22/h4-14H,1-3H3. The van der Waals surface area contributed by atoms with E-state index in [4.69, 9.17) is 9.72 Å². The summed E-state index contributed by atoms with van der Waals surface area (Å²) >= 11 is 0. The molecule has 0 spiro atoms. The zero-order valence-corrected chi connectivity index (χ0v) is 15.5. The van der Waals surface area contributed by atoms with Crippen molar-refractivity contribution in [3.05, 3.63) is 78.0 Å². The van der Waals surface area contributed by atoms with Crippen molar-refractivity contribution in [2.75, 3.05) is 7.11 Å². The van der Waals surface area contributed by atoms with Crippen molar-refractivity contribution in [2.24, 2.45) is 10.2 Å². The molecule has 0 aliphatic rings. The highest BCUT2D eigenvalue weighted by atomic mass is 16.5. The SMILES string of the molecule is COc1ccc(-c2nc3c(C)cccn3c2N=Nc2ccccc2C)cc1. The summed E-state index contributed by atoms with van der Waals surface area (Å²) in [5.41, 5.74) is 5.66. The molecule has 134 valence electrons. The first-order valence-corrected chi connectivity index (χ1v) is 8.77. The van der Waals surface area contributed by atoms with Crippen molar-refractivity contribution in [1.82, 2.24) is 9.38 Å². The van der Waals surface area contributed by atoms with E-state index < -0.39 is 0 Å². The summed E-state index contributed by atoms with van der Waals surface area (Å²) in [6, 6.07) is 19.8. The number of hydrogen-bond acceptors (Lipinski definition) is 4. The Kier molecular flexibility index (Phi) is 4.42. The number of benzene rings is 2. The number of methoxy groups -OCH3 is 1. The summed E-state index contributed by atoms with van der Waals surface area (Å²) in [4.78, 5) is 4.84. The van der Waals surface area contributed by atoms with Crippen molar-refractivity contribution in [3.63, 3.8) is 0 Å². The molecular formula is C22H20N4O. The molecule has 27 heavy (non-hydrogen) atoms. The van der Waals surface area contributed by atoms with E-state index in [1.165, 1.54) is 0 Å². The lowest BCUT2D eigenvalue weighted by atomic mass is 10.1. The fourth-order valence-corrected chi connectivity index (χ4v) is 3.01. The lowest BCUT2D eigenvalue weighted by Crippen LogP contribution is -1.85. The van der Waals surface area contributed by atoms with Crippen molar-refractivity contribution in [1.29, 1.82) is 0 Å². The number of ether oxygens (including phenoxy) is 1. The number of azo groups is 1. The van der Waals surface area contributed by atoms with Gasteiger partial charge in [0.15, 0.2) is 5.82 Å². The number of aromatic nitrogens is 2. The van der Waals surface area contributed by atoms with E-state index in [2.05, 4.69) is 10.2 Å². The maximum atomic E-state index is 5.26. The van der Waals surface area contributed by atoms with Gasteiger partial charge in [0.25, 0.3) is 0 Å². The molecule has 4 rings (SSSR count). The Balaban J connectivity index is 1.89. The van der Waals surface area contributed by atoms with Gasteiger partial charge in [-0.25, -0.2) is 4.98 Å². The minimum absolute atomic E-state index is 0.710. The van der Waals surface area contributed by atoms with Crippen LogP contribution in [-0.2, 0) is 0 Å². The van der Waals surface area contributed by atoms with Crippen LogP contribution in [0.3, 0.4) is 0 Å². The lowest BCUT2D eigenvalue weighted by Gasteiger charge is -2.03. The van der Waals surface area contributed by atoms with E-state index in [0.29, 0.717) is 5.82 Å². The van der Waals surface area contributed by atoms with E-state index in [9.17, 15) is 0 Å². The third-order valence-corrected chi connectivity index (χ3v) is 4.55. The average Bonchev–Trinajstić information content (AvgIpc) is 3.07. The molecule has 2 aromatic carbocycles. The van der Waals surface area contributed by atoms with Crippen LogP contribution in [0.2, 0.25) is 0 Å². The zero-order chi connectivity index (χ0) is 18.8. The average molecular weight is 356 g/mol. The first-order chi connectivity index (χ1) is 13.2. The van der Waals surface area contributed by atoms with Crippen LogP contribution in [-0.4, -0.2) is 16.5 Å². The molecule has 0 bridgehead atoms. The molecule has 0 aliphatic heterocycles. The molecule has 0 aliphatic carbocycles. The van der Waals surface area contributed by atoms with Gasteiger partial charge in [0.1, 0.15) is 17.1 Å². The Labute approximate surface area is 158 Å². The summed E-state index contributed by atoms with van der Waals surface area (Å²) in [5.74, 6) is 1.52. The first kappa shape index (κ1) is 17.0. The normalized spacial score (nSPS) is 11.4. The van der Waals surface area contributed by atoms with Crippen LogP contribution < -0.4 is 4.74 Å². The van der Waals surface area contributed by atoms with E-state index in [1.807, 2.05) is 85.1 Å². The summed E-state index contributed by atoms with van der Waals surface area (Å²) < 4.78 is 7.25. The Morgan fingerprint density at radius 2 is 1.59 bits per heavy atom.